The molecule has 12 heavy (non-hydrogen) atoms. The number of nitrogens with zero attached hydrogens (tertiary/aromatic N) is 2. The molecule has 1 heterocycles. The molecule has 1 aromatic heterocycles. The molecule has 0 saturated heterocycles. The van der Waals surface area contributed by atoms with Crippen LogP contribution in [0, 0.1) is 0 Å². The summed E-state index contributed by atoms with van der Waals surface area (Å²) in [6.45, 7) is 6.70. The number of nitrogens with one attached hydrogen (secondary N) is 1. The third kappa shape index (κ3) is 2.70. The van der Waals surface area contributed by atoms with Crippen molar-refractivity contribution in [3.05, 3.63) is 30.6 Å². The van der Waals surface area contributed by atoms with Crippen molar-refractivity contribution in [1.29, 1.82) is 0 Å². The maximum atomic E-state index is 4.02. The molecule has 0 fully saturated rings. The summed E-state index contributed by atoms with van der Waals surface area (Å²) in [5.41, 5.74) is 1.16. The van der Waals surface area contributed by atoms with Gasteiger partial charge in [-0.05, 0) is 12.5 Å². The Hall–Kier alpha value is -1.38. The van der Waals surface area contributed by atoms with Gasteiger partial charge in [0.1, 0.15) is 0 Å². The summed E-state index contributed by atoms with van der Waals surface area (Å²) in [7, 11) is 0. The Morgan fingerprint density at radius 3 is 2.75 bits per heavy atom. The van der Waals surface area contributed by atoms with E-state index in [4.69, 9.17) is 0 Å². The van der Waals surface area contributed by atoms with Crippen LogP contribution >= 0.6 is 0 Å². The summed E-state index contributed by atoms with van der Waals surface area (Å²) in [6, 6.07) is 1.79. The molecule has 0 bridgehead atoms. The lowest BCUT2D eigenvalue weighted by Crippen LogP contribution is -2.06. The van der Waals surface area contributed by atoms with Crippen LogP contribution < -0.4 is 5.32 Å². The first-order chi connectivity index (χ1) is 5.83. The van der Waals surface area contributed by atoms with Crippen LogP contribution in [0.5, 0.6) is 0 Å². The molecule has 0 aromatic carbocycles. The van der Waals surface area contributed by atoms with E-state index in [0.29, 0.717) is 5.95 Å². The average Bonchev–Trinajstić information content (AvgIpc) is 2.16. The summed E-state index contributed by atoms with van der Waals surface area (Å²) in [4.78, 5) is 8.04. The second kappa shape index (κ2) is 4.49. The Balaban J connectivity index is 2.38. The minimum Gasteiger partial charge on any atom is -0.350 e. The topological polar surface area (TPSA) is 37.8 Å². The highest BCUT2D eigenvalue weighted by molar-refractivity contribution is 5.25. The van der Waals surface area contributed by atoms with Gasteiger partial charge in [0.05, 0.1) is 0 Å². The molecule has 1 aromatic rings. The smallest absolute Gasteiger partial charge is 0.222 e. The molecule has 0 spiro atoms. The summed E-state index contributed by atoms with van der Waals surface area (Å²) < 4.78 is 0. The Morgan fingerprint density at radius 2 is 2.17 bits per heavy atom. The lowest BCUT2D eigenvalue weighted by Gasteiger charge is -2.03. The van der Waals surface area contributed by atoms with E-state index in [1.165, 1.54) is 0 Å². The van der Waals surface area contributed by atoms with Crippen LogP contribution in [0.2, 0.25) is 0 Å². The molecule has 3 nitrogen and oxygen atoms in total. The van der Waals surface area contributed by atoms with E-state index in [-0.39, 0.29) is 0 Å². The number of aromatic nitrogens is 2. The van der Waals surface area contributed by atoms with Gasteiger partial charge in [-0.3, -0.25) is 0 Å². The Kier molecular flexibility index (Phi) is 3.26. The predicted octanol–water partition coefficient (Wildman–Crippen LogP) is 1.85. The third-order valence-corrected chi connectivity index (χ3v) is 1.56. The number of rotatable bonds is 4. The standard InChI is InChI=1S/C9H13N3/c1-3-8(2)7-12-9-10-5-4-6-11-9/h4-6H,2-3,7H2,1H3,(H,10,11,12). The van der Waals surface area contributed by atoms with E-state index >= 15 is 0 Å². The van der Waals surface area contributed by atoms with E-state index < -0.39 is 0 Å². The van der Waals surface area contributed by atoms with Gasteiger partial charge in [-0.2, -0.15) is 0 Å². The van der Waals surface area contributed by atoms with Gasteiger partial charge in [0.15, 0.2) is 0 Å². The van der Waals surface area contributed by atoms with Crippen molar-refractivity contribution >= 4 is 5.95 Å². The van der Waals surface area contributed by atoms with Crippen molar-refractivity contribution in [3.8, 4) is 0 Å². The Bertz CT molecular complexity index is 243. The van der Waals surface area contributed by atoms with Gasteiger partial charge < -0.3 is 5.32 Å². The van der Waals surface area contributed by atoms with E-state index in [1.54, 1.807) is 18.5 Å². The van der Waals surface area contributed by atoms with Gasteiger partial charge in [-0.25, -0.2) is 9.97 Å². The van der Waals surface area contributed by atoms with Crippen LogP contribution in [0.4, 0.5) is 5.95 Å². The quantitative estimate of drug-likeness (QED) is 0.688. The Labute approximate surface area is 72.6 Å². The van der Waals surface area contributed by atoms with Crippen molar-refractivity contribution in [2.24, 2.45) is 0 Å². The van der Waals surface area contributed by atoms with Gasteiger partial charge in [0, 0.05) is 18.9 Å². The molecule has 0 aliphatic rings. The van der Waals surface area contributed by atoms with Crippen LogP contribution in [0.3, 0.4) is 0 Å². The first-order valence-electron chi connectivity index (χ1n) is 4.00. The number of hydrogen-bond donors (Lipinski definition) is 1. The van der Waals surface area contributed by atoms with Gasteiger partial charge in [-0.1, -0.05) is 19.1 Å². The highest BCUT2D eigenvalue weighted by Crippen LogP contribution is 1.99. The molecular weight excluding hydrogens is 150 g/mol. The van der Waals surface area contributed by atoms with Crippen molar-refractivity contribution < 1.29 is 0 Å². The number of hydrogen-bond acceptors (Lipinski definition) is 3. The summed E-state index contributed by atoms with van der Waals surface area (Å²) in [6.07, 6.45) is 4.41. The maximum absolute atomic E-state index is 4.02. The van der Waals surface area contributed by atoms with Crippen LogP contribution in [0.25, 0.3) is 0 Å². The molecule has 1 rings (SSSR count). The normalized spacial score (nSPS) is 9.42. The zero-order valence-corrected chi connectivity index (χ0v) is 7.25. The minimum atomic E-state index is 0.659. The molecule has 0 unspecified atom stereocenters. The first-order valence-corrected chi connectivity index (χ1v) is 4.00. The fourth-order valence-electron chi connectivity index (χ4n) is 0.719. The molecule has 3 heteroatoms. The van der Waals surface area contributed by atoms with Crippen molar-refractivity contribution in [2.45, 2.75) is 13.3 Å². The molecule has 64 valence electrons. The van der Waals surface area contributed by atoms with Crippen LogP contribution in [-0.4, -0.2) is 16.5 Å². The summed E-state index contributed by atoms with van der Waals surface area (Å²) in [5.74, 6) is 0.659. The zero-order chi connectivity index (χ0) is 8.81. The van der Waals surface area contributed by atoms with Crippen molar-refractivity contribution in [3.63, 3.8) is 0 Å². The molecule has 0 atom stereocenters. The van der Waals surface area contributed by atoms with E-state index in [1.807, 2.05) is 0 Å². The van der Waals surface area contributed by atoms with Gasteiger partial charge in [-0.15, -0.1) is 0 Å². The summed E-state index contributed by atoms with van der Waals surface area (Å²) >= 11 is 0. The Morgan fingerprint density at radius 1 is 1.50 bits per heavy atom. The highest BCUT2D eigenvalue weighted by Gasteiger charge is 1.92. The van der Waals surface area contributed by atoms with Crippen molar-refractivity contribution in [1.82, 2.24) is 9.97 Å². The van der Waals surface area contributed by atoms with Crippen LogP contribution in [0.1, 0.15) is 13.3 Å². The molecule has 0 saturated carbocycles. The fraction of sp³-hybridized carbons (Fsp3) is 0.333. The fourth-order valence-corrected chi connectivity index (χ4v) is 0.719. The zero-order valence-electron chi connectivity index (χ0n) is 7.25. The SMILES string of the molecule is C=C(CC)CNc1ncccn1. The van der Waals surface area contributed by atoms with E-state index in [2.05, 4.69) is 28.8 Å². The van der Waals surface area contributed by atoms with Gasteiger partial charge in [0.2, 0.25) is 5.95 Å². The molecule has 0 aliphatic heterocycles. The second-order valence-corrected chi connectivity index (χ2v) is 2.53. The average molecular weight is 163 g/mol. The molecule has 1 N–H and O–H groups in total. The third-order valence-electron chi connectivity index (χ3n) is 1.56. The largest absolute Gasteiger partial charge is 0.350 e. The van der Waals surface area contributed by atoms with Crippen LogP contribution in [0.15, 0.2) is 30.6 Å². The molecule has 0 amide bonds. The number of anilines is 1. The van der Waals surface area contributed by atoms with Crippen LogP contribution in [-0.2, 0) is 0 Å². The predicted molar refractivity (Wildman–Crippen MR) is 50.0 cm³/mol. The lowest BCUT2D eigenvalue weighted by molar-refractivity contribution is 1.02. The summed E-state index contributed by atoms with van der Waals surface area (Å²) in [5, 5.41) is 3.07. The second-order valence-electron chi connectivity index (χ2n) is 2.53. The molecule has 0 radical (unpaired) electrons. The maximum Gasteiger partial charge on any atom is 0.222 e. The monoisotopic (exact) mass is 163 g/mol. The van der Waals surface area contributed by atoms with Crippen molar-refractivity contribution in [2.75, 3.05) is 11.9 Å². The van der Waals surface area contributed by atoms with Gasteiger partial charge in [0.25, 0.3) is 0 Å². The first kappa shape index (κ1) is 8.71. The van der Waals surface area contributed by atoms with E-state index in [9.17, 15) is 0 Å². The van der Waals surface area contributed by atoms with Gasteiger partial charge >= 0.3 is 0 Å². The lowest BCUT2D eigenvalue weighted by atomic mass is 10.2. The molecular formula is C9H13N3. The molecule has 0 aliphatic carbocycles. The highest BCUT2D eigenvalue weighted by atomic mass is 15.1. The minimum absolute atomic E-state index is 0.659. The van der Waals surface area contributed by atoms with E-state index in [0.717, 1.165) is 18.5 Å².